The van der Waals surface area contributed by atoms with Crippen molar-refractivity contribution >= 4 is 15.5 Å². The Morgan fingerprint density at radius 3 is 2.50 bits per heavy atom. The van der Waals surface area contributed by atoms with E-state index < -0.39 is 32.1 Å². The molecule has 2 aromatic carbocycles. The molecule has 0 unspecified atom stereocenters. The second-order valence-corrected chi connectivity index (χ2v) is 9.48. The summed E-state index contributed by atoms with van der Waals surface area (Å²) >= 11 is 0. The molecule has 1 fully saturated rings. The standard InChI is InChI=1S/C20H18F2N2O3S/c1-24-14-2-4-15(5-3-14)28(25,26)20-9-8-13(23)10-12(20)11-27-19-17(22)7-6-16(21)18(19)20/h2-7,12-13H,8-11,23H2/t12-,13-,20+/m1/s1. The van der Waals surface area contributed by atoms with Crippen LogP contribution in [0, 0.1) is 24.1 Å². The molecule has 0 aromatic heterocycles. The molecular weight excluding hydrogens is 386 g/mol. The van der Waals surface area contributed by atoms with Crippen molar-refractivity contribution in [1.82, 2.24) is 0 Å². The number of halogens is 2. The zero-order chi connectivity index (χ0) is 20.1. The molecule has 146 valence electrons. The van der Waals surface area contributed by atoms with Crippen LogP contribution in [0.4, 0.5) is 14.5 Å². The van der Waals surface area contributed by atoms with E-state index in [1.807, 2.05) is 0 Å². The first-order valence-electron chi connectivity index (χ1n) is 8.90. The van der Waals surface area contributed by atoms with Gasteiger partial charge in [-0.15, -0.1) is 0 Å². The maximum Gasteiger partial charge on any atom is 0.188 e. The summed E-state index contributed by atoms with van der Waals surface area (Å²) in [5.41, 5.74) is 6.11. The molecule has 0 spiro atoms. The largest absolute Gasteiger partial charge is 0.490 e. The fraction of sp³-hybridized carbons (Fsp3) is 0.350. The molecular formula is C20H18F2N2O3S. The number of rotatable bonds is 2. The Balaban J connectivity index is 2.00. The second kappa shape index (κ2) is 6.54. The maximum atomic E-state index is 14.9. The van der Waals surface area contributed by atoms with Gasteiger partial charge in [0.2, 0.25) is 0 Å². The Kier molecular flexibility index (Phi) is 4.40. The molecule has 3 atom stereocenters. The summed E-state index contributed by atoms with van der Waals surface area (Å²) < 4.78 is 60.8. The minimum Gasteiger partial charge on any atom is -0.490 e. The van der Waals surface area contributed by atoms with Crippen LogP contribution in [0.2, 0.25) is 0 Å². The molecule has 1 saturated carbocycles. The van der Waals surface area contributed by atoms with Gasteiger partial charge in [0.15, 0.2) is 27.1 Å². The lowest BCUT2D eigenvalue weighted by atomic mass is 9.71. The molecule has 0 amide bonds. The number of sulfone groups is 1. The van der Waals surface area contributed by atoms with Gasteiger partial charge in [-0.25, -0.2) is 22.0 Å². The molecule has 1 aliphatic heterocycles. The fourth-order valence-electron chi connectivity index (χ4n) is 4.46. The van der Waals surface area contributed by atoms with E-state index in [-0.39, 0.29) is 35.3 Å². The topological polar surface area (TPSA) is 73.8 Å². The molecule has 2 aromatic rings. The van der Waals surface area contributed by atoms with E-state index in [4.69, 9.17) is 17.0 Å². The van der Waals surface area contributed by atoms with Crippen molar-refractivity contribution in [3.8, 4) is 5.75 Å². The van der Waals surface area contributed by atoms with Gasteiger partial charge in [-0.3, -0.25) is 0 Å². The Bertz CT molecular complexity index is 1080. The number of hydrogen-bond acceptors (Lipinski definition) is 4. The van der Waals surface area contributed by atoms with Crippen molar-refractivity contribution in [3.05, 3.63) is 65.0 Å². The average Bonchev–Trinajstić information content (AvgIpc) is 2.70. The van der Waals surface area contributed by atoms with Crippen LogP contribution in [0.25, 0.3) is 4.85 Å². The molecule has 8 heteroatoms. The third kappa shape index (κ3) is 2.54. The summed E-state index contributed by atoms with van der Waals surface area (Å²) in [6.07, 6.45) is 0.766. The van der Waals surface area contributed by atoms with E-state index in [0.29, 0.717) is 18.5 Å². The summed E-state index contributed by atoms with van der Waals surface area (Å²) in [5, 5.41) is 0. The van der Waals surface area contributed by atoms with Crippen molar-refractivity contribution in [1.29, 1.82) is 0 Å². The van der Waals surface area contributed by atoms with Crippen molar-refractivity contribution in [2.24, 2.45) is 11.7 Å². The number of nitrogens with two attached hydrogens (primary N) is 1. The van der Waals surface area contributed by atoms with E-state index in [2.05, 4.69) is 4.85 Å². The predicted octanol–water partition coefficient (Wildman–Crippen LogP) is 3.70. The van der Waals surface area contributed by atoms with Crippen LogP contribution < -0.4 is 10.5 Å². The van der Waals surface area contributed by atoms with Crippen molar-refractivity contribution < 1.29 is 21.9 Å². The van der Waals surface area contributed by atoms with Gasteiger partial charge in [-0.2, -0.15) is 0 Å². The van der Waals surface area contributed by atoms with Crippen molar-refractivity contribution in [2.75, 3.05) is 6.61 Å². The van der Waals surface area contributed by atoms with E-state index in [0.717, 1.165) is 12.1 Å². The predicted molar refractivity (Wildman–Crippen MR) is 98.7 cm³/mol. The number of nitrogens with zero attached hydrogens (tertiary/aromatic N) is 1. The van der Waals surface area contributed by atoms with Crippen LogP contribution in [0.15, 0.2) is 41.3 Å². The zero-order valence-electron chi connectivity index (χ0n) is 14.9. The van der Waals surface area contributed by atoms with Gasteiger partial charge in [-0.1, -0.05) is 24.3 Å². The van der Waals surface area contributed by atoms with Crippen LogP contribution in [0.1, 0.15) is 24.8 Å². The molecule has 2 N–H and O–H groups in total. The van der Waals surface area contributed by atoms with Gasteiger partial charge in [0.1, 0.15) is 10.6 Å². The van der Waals surface area contributed by atoms with Gasteiger partial charge >= 0.3 is 0 Å². The smallest absolute Gasteiger partial charge is 0.188 e. The highest BCUT2D eigenvalue weighted by Gasteiger charge is 2.59. The highest BCUT2D eigenvalue weighted by molar-refractivity contribution is 7.92. The zero-order valence-corrected chi connectivity index (χ0v) is 15.7. The number of hydrogen-bond donors (Lipinski definition) is 1. The molecule has 0 bridgehead atoms. The summed E-state index contributed by atoms with van der Waals surface area (Å²) in [6.45, 7) is 6.98. The van der Waals surface area contributed by atoms with E-state index in [1.165, 1.54) is 24.3 Å². The summed E-state index contributed by atoms with van der Waals surface area (Å²) in [5.74, 6) is -2.54. The molecule has 0 saturated heterocycles. The third-order valence-corrected chi connectivity index (χ3v) is 8.39. The first-order chi connectivity index (χ1) is 13.3. The van der Waals surface area contributed by atoms with Gasteiger partial charge in [-0.05, 0) is 31.4 Å². The lowest BCUT2D eigenvalue weighted by Gasteiger charge is -2.48. The van der Waals surface area contributed by atoms with Crippen molar-refractivity contribution in [2.45, 2.75) is 34.9 Å². The first kappa shape index (κ1) is 18.8. The number of fused-ring (bicyclic) bond motifs is 3. The quantitative estimate of drug-likeness (QED) is 0.775. The summed E-state index contributed by atoms with van der Waals surface area (Å²) in [6, 6.07) is 7.14. The molecule has 5 nitrogen and oxygen atoms in total. The maximum absolute atomic E-state index is 14.9. The Morgan fingerprint density at radius 1 is 1.14 bits per heavy atom. The summed E-state index contributed by atoms with van der Waals surface area (Å²) in [7, 11) is -4.13. The van der Waals surface area contributed by atoms with Crippen molar-refractivity contribution in [3.63, 3.8) is 0 Å². The molecule has 1 aliphatic carbocycles. The van der Waals surface area contributed by atoms with Crippen LogP contribution >= 0.6 is 0 Å². The summed E-state index contributed by atoms with van der Waals surface area (Å²) in [4.78, 5) is 3.24. The molecule has 2 aliphatic rings. The van der Waals surface area contributed by atoms with Crippen LogP contribution in [0.3, 0.4) is 0 Å². The van der Waals surface area contributed by atoms with Gasteiger partial charge in [0.25, 0.3) is 0 Å². The highest BCUT2D eigenvalue weighted by Crippen LogP contribution is 2.56. The van der Waals surface area contributed by atoms with Gasteiger partial charge in [0.05, 0.1) is 23.6 Å². The van der Waals surface area contributed by atoms with E-state index in [9.17, 15) is 17.2 Å². The average molecular weight is 404 g/mol. The number of ether oxygens (including phenoxy) is 1. The lowest BCUT2D eigenvalue weighted by molar-refractivity contribution is 0.116. The Labute approximate surface area is 161 Å². The van der Waals surface area contributed by atoms with Gasteiger partial charge < -0.3 is 10.5 Å². The third-order valence-electron chi connectivity index (χ3n) is 5.80. The van der Waals surface area contributed by atoms with Crippen LogP contribution in [-0.4, -0.2) is 21.1 Å². The lowest BCUT2D eigenvalue weighted by Crippen LogP contribution is -2.54. The Hall–Kier alpha value is -2.50. The minimum atomic E-state index is -4.13. The van der Waals surface area contributed by atoms with Crippen LogP contribution in [-0.2, 0) is 14.6 Å². The SMILES string of the molecule is [C-]#[N+]c1ccc(S(=O)(=O)[C@@]23CC[C@@H](N)C[C@@H]2COc2c(F)ccc(F)c23)cc1. The molecule has 1 heterocycles. The normalized spacial score (nSPS) is 26.5. The molecule has 28 heavy (non-hydrogen) atoms. The van der Waals surface area contributed by atoms with E-state index in [1.54, 1.807) is 0 Å². The first-order valence-corrected chi connectivity index (χ1v) is 10.4. The molecule has 4 rings (SSSR count). The molecule has 0 radical (unpaired) electrons. The van der Waals surface area contributed by atoms with Crippen LogP contribution in [0.5, 0.6) is 5.75 Å². The highest BCUT2D eigenvalue weighted by atomic mass is 32.2. The number of benzene rings is 2. The van der Waals surface area contributed by atoms with Gasteiger partial charge in [0, 0.05) is 12.0 Å². The fourth-order valence-corrected chi connectivity index (χ4v) is 6.82. The second-order valence-electron chi connectivity index (χ2n) is 7.27. The Morgan fingerprint density at radius 2 is 1.82 bits per heavy atom. The minimum absolute atomic E-state index is 0.0307. The van der Waals surface area contributed by atoms with E-state index >= 15 is 0 Å². The monoisotopic (exact) mass is 404 g/mol.